The Morgan fingerprint density at radius 2 is 2.00 bits per heavy atom. The van der Waals surface area contributed by atoms with Crippen molar-refractivity contribution in [3.8, 4) is 0 Å². The molecule has 0 spiro atoms. The van der Waals surface area contributed by atoms with Crippen LogP contribution >= 0.6 is 11.3 Å². The second-order valence-corrected chi connectivity index (χ2v) is 7.23. The Morgan fingerprint density at radius 3 is 2.83 bits per heavy atom. The minimum absolute atomic E-state index is 0.948. The second-order valence-electron chi connectivity index (χ2n) is 6.19. The van der Waals surface area contributed by atoms with Crippen LogP contribution in [-0.4, -0.2) is 6.54 Å². The largest absolute Gasteiger partial charge is 0.312 e. The maximum absolute atomic E-state index is 3.66. The minimum Gasteiger partial charge on any atom is -0.312 e. The van der Waals surface area contributed by atoms with Gasteiger partial charge in [-0.15, -0.1) is 11.3 Å². The Hall–Kier alpha value is -0.340. The molecule has 3 rings (SSSR count). The topological polar surface area (TPSA) is 12.0 Å². The normalized spacial score (nSPS) is 32.1. The molecule has 2 aliphatic carbocycles. The van der Waals surface area contributed by atoms with Gasteiger partial charge in [0.15, 0.2) is 0 Å². The third kappa shape index (κ3) is 3.16. The summed E-state index contributed by atoms with van der Waals surface area (Å²) in [6, 6.07) is 4.38. The van der Waals surface area contributed by atoms with Gasteiger partial charge in [0.1, 0.15) is 0 Å². The highest BCUT2D eigenvalue weighted by Gasteiger charge is 2.31. The Kier molecular flexibility index (Phi) is 4.37. The number of fused-ring (bicyclic) bond motifs is 1. The lowest BCUT2D eigenvalue weighted by atomic mass is 9.67. The average Bonchev–Trinajstić information content (AvgIpc) is 2.92. The van der Waals surface area contributed by atoms with E-state index in [1.165, 1.54) is 56.4 Å². The van der Waals surface area contributed by atoms with Crippen molar-refractivity contribution in [2.24, 2.45) is 17.8 Å². The van der Waals surface area contributed by atoms with Crippen LogP contribution in [0.3, 0.4) is 0 Å². The maximum Gasteiger partial charge on any atom is 0.0299 e. The molecule has 2 saturated carbocycles. The highest BCUT2D eigenvalue weighted by atomic mass is 32.1. The summed E-state index contributed by atoms with van der Waals surface area (Å²) < 4.78 is 0. The minimum atomic E-state index is 0.948. The molecule has 1 aromatic heterocycles. The van der Waals surface area contributed by atoms with Crippen molar-refractivity contribution in [1.29, 1.82) is 0 Å². The lowest BCUT2D eigenvalue weighted by molar-refractivity contribution is 0.128. The molecular formula is C16H25NS. The molecule has 2 aliphatic rings. The van der Waals surface area contributed by atoms with Gasteiger partial charge >= 0.3 is 0 Å². The van der Waals surface area contributed by atoms with Crippen LogP contribution in [0, 0.1) is 17.8 Å². The molecule has 1 N–H and O–H groups in total. The molecular weight excluding hydrogens is 238 g/mol. The van der Waals surface area contributed by atoms with Gasteiger partial charge in [0.25, 0.3) is 0 Å². The molecule has 3 unspecified atom stereocenters. The van der Waals surface area contributed by atoms with Gasteiger partial charge in [0, 0.05) is 11.4 Å². The third-order valence-electron chi connectivity index (χ3n) is 4.96. The molecule has 2 heteroatoms. The predicted molar refractivity (Wildman–Crippen MR) is 78.8 cm³/mol. The predicted octanol–water partition coefficient (Wildman–Crippen LogP) is 4.44. The van der Waals surface area contributed by atoms with Crippen LogP contribution < -0.4 is 5.32 Å². The third-order valence-corrected chi connectivity index (χ3v) is 5.84. The van der Waals surface area contributed by atoms with E-state index in [9.17, 15) is 0 Å². The Labute approximate surface area is 115 Å². The van der Waals surface area contributed by atoms with Crippen molar-refractivity contribution >= 4 is 11.3 Å². The van der Waals surface area contributed by atoms with Gasteiger partial charge < -0.3 is 5.32 Å². The molecule has 0 saturated heterocycles. The summed E-state index contributed by atoms with van der Waals surface area (Å²) in [5.74, 6) is 3.11. The van der Waals surface area contributed by atoms with Gasteiger partial charge in [-0.1, -0.05) is 31.7 Å². The van der Waals surface area contributed by atoms with Crippen LogP contribution in [0.5, 0.6) is 0 Å². The summed E-state index contributed by atoms with van der Waals surface area (Å²) >= 11 is 1.87. The summed E-state index contributed by atoms with van der Waals surface area (Å²) in [4.78, 5) is 1.47. The van der Waals surface area contributed by atoms with Crippen molar-refractivity contribution < 1.29 is 0 Å². The van der Waals surface area contributed by atoms with Crippen LogP contribution in [0.1, 0.15) is 49.8 Å². The summed E-state index contributed by atoms with van der Waals surface area (Å²) in [5.41, 5.74) is 0. The Morgan fingerprint density at radius 1 is 1.11 bits per heavy atom. The average molecular weight is 263 g/mol. The molecule has 3 atom stereocenters. The van der Waals surface area contributed by atoms with Gasteiger partial charge in [-0.2, -0.15) is 0 Å². The second kappa shape index (κ2) is 6.21. The monoisotopic (exact) mass is 263 g/mol. The SMILES string of the molecule is c1csc(CNCC2CCC3CCCCC3C2)c1. The van der Waals surface area contributed by atoms with Crippen LogP contribution in [-0.2, 0) is 6.54 Å². The first-order valence-corrected chi connectivity index (χ1v) is 8.53. The maximum atomic E-state index is 3.66. The number of hydrogen-bond donors (Lipinski definition) is 1. The zero-order valence-corrected chi connectivity index (χ0v) is 12.1. The molecule has 0 aromatic carbocycles. The first kappa shape index (κ1) is 12.7. The van der Waals surface area contributed by atoms with E-state index >= 15 is 0 Å². The van der Waals surface area contributed by atoms with Crippen LogP contribution in [0.25, 0.3) is 0 Å². The molecule has 1 aromatic rings. The van der Waals surface area contributed by atoms with Crippen LogP contribution in [0.4, 0.5) is 0 Å². The van der Waals surface area contributed by atoms with Gasteiger partial charge in [-0.3, -0.25) is 0 Å². The lowest BCUT2D eigenvalue weighted by Crippen LogP contribution is -2.32. The Bertz CT molecular complexity index is 346. The number of nitrogens with one attached hydrogen (secondary N) is 1. The number of thiophene rings is 1. The molecule has 0 aliphatic heterocycles. The molecule has 1 nitrogen and oxygen atoms in total. The fraction of sp³-hybridized carbons (Fsp3) is 0.750. The molecule has 18 heavy (non-hydrogen) atoms. The number of rotatable bonds is 4. The van der Waals surface area contributed by atoms with E-state index in [0.717, 1.165) is 24.3 Å². The fourth-order valence-electron chi connectivity index (χ4n) is 3.97. The molecule has 1 heterocycles. The van der Waals surface area contributed by atoms with Gasteiger partial charge in [0.2, 0.25) is 0 Å². The van der Waals surface area contributed by atoms with Gasteiger partial charge in [0.05, 0.1) is 0 Å². The van der Waals surface area contributed by atoms with E-state index < -0.39 is 0 Å². The van der Waals surface area contributed by atoms with Crippen LogP contribution in [0.15, 0.2) is 17.5 Å². The summed E-state index contributed by atoms with van der Waals surface area (Å²) in [5, 5.41) is 5.83. The van der Waals surface area contributed by atoms with E-state index in [0.29, 0.717) is 0 Å². The Balaban J connectivity index is 1.41. The standard InChI is InChI=1S/C16H25NS/c1-2-5-15-10-13(7-8-14(15)4-1)11-17-12-16-6-3-9-18-16/h3,6,9,13-15,17H,1-2,4-5,7-8,10-12H2. The van der Waals surface area contributed by atoms with Crippen molar-refractivity contribution in [3.63, 3.8) is 0 Å². The van der Waals surface area contributed by atoms with Crippen molar-refractivity contribution in [2.45, 2.75) is 51.5 Å². The highest BCUT2D eigenvalue weighted by Crippen LogP contribution is 2.42. The molecule has 100 valence electrons. The van der Waals surface area contributed by atoms with E-state index in [4.69, 9.17) is 0 Å². The van der Waals surface area contributed by atoms with Crippen LogP contribution in [0.2, 0.25) is 0 Å². The highest BCUT2D eigenvalue weighted by molar-refractivity contribution is 7.09. The summed E-state index contributed by atoms with van der Waals surface area (Å²) in [6.45, 7) is 2.31. The number of hydrogen-bond acceptors (Lipinski definition) is 2. The first-order valence-electron chi connectivity index (χ1n) is 7.65. The molecule has 0 amide bonds. The van der Waals surface area contributed by atoms with E-state index in [2.05, 4.69) is 22.8 Å². The van der Waals surface area contributed by atoms with Crippen molar-refractivity contribution in [1.82, 2.24) is 5.32 Å². The van der Waals surface area contributed by atoms with E-state index in [1.54, 1.807) is 0 Å². The quantitative estimate of drug-likeness (QED) is 0.846. The smallest absolute Gasteiger partial charge is 0.0299 e. The zero-order chi connectivity index (χ0) is 12.2. The van der Waals surface area contributed by atoms with E-state index in [1.807, 2.05) is 11.3 Å². The lowest BCUT2D eigenvalue weighted by Gasteiger charge is -2.39. The van der Waals surface area contributed by atoms with Crippen molar-refractivity contribution in [3.05, 3.63) is 22.4 Å². The summed E-state index contributed by atoms with van der Waals surface area (Å²) in [7, 11) is 0. The van der Waals surface area contributed by atoms with Gasteiger partial charge in [-0.05, 0) is 55.0 Å². The van der Waals surface area contributed by atoms with Gasteiger partial charge in [-0.25, -0.2) is 0 Å². The van der Waals surface area contributed by atoms with Crippen molar-refractivity contribution in [2.75, 3.05) is 6.54 Å². The molecule has 0 bridgehead atoms. The first-order chi connectivity index (χ1) is 8.92. The summed E-state index contributed by atoms with van der Waals surface area (Å²) in [6.07, 6.45) is 10.5. The molecule has 2 fully saturated rings. The zero-order valence-electron chi connectivity index (χ0n) is 11.2. The van der Waals surface area contributed by atoms with E-state index in [-0.39, 0.29) is 0 Å². The molecule has 0 radical (unpaired) electrons. The fourth-order valence-corrected chi connectivity index (χ4v) is 4.64.